The second kappa shape index (κ2) is 9.05. The predicted octanol–water partition coefficient (Wildman–Crippen LogP) is 1.20. The van der Waals surface area contributed by atoms with Crippen LogP contribution in [0.4, 0.5) is 10.5 Å². The number of aliphatic carboxylic acids is 1. The summed E-state index contributed by atoms with van der Waals surface area (Å²) in [6.07, 6.45) is 3.33. The lowest BCUT2D eigenvalue weighted by Gasteiger charge is -2.42. The summed E-state index contributed by atoms with van der Waals surface area (Å²) in [5.41, 5.74) is 2.09. The number of para-hydroxylation sites is 1. The zero-order valence-corrected chi connectivity index (χ0v) is 16.2. The second-order valence-electron chi connectivity index (χ2n) is 7.38. The monoisotopic (exact) mass is 388 g/mol. The maximum absolute atomic E-state index is 12.5. The number of hydrogen-bond acceptors (Lipinski definition) is 4. The van der Waals surface area contributed by atoms with E-state index in [-0.39, 0.29) is 37.1 Å². The van der Waals surface area contributed by atoms with Crippen molar-refractivity contribution in [1.82, 2.24) is 15.5 Å². The summed E-state index contributed by atoms with van der Waals surface area (Å²) in [7, 11) is 0. The summed E-state index contributed by atoms with van der Waals surface area (Å²) < 4.78 is 0. The van der Waals surface area contributed by atoms with Gasteiger partial charge in [0.2, 0.25) is 5.91 Å². The van der Waals surface area contributed by atoms with Gasteiger partial charge in [-0.05, 0) is 43.9 Å². The van der Waals surface area contributed by atoms with Crippen molar-refractivity contribution < 1.29 is 19.5 Å². The van der Waals surface area contributed by atoms with Crippen LogP contribution in [0.2, 0.25) is 0 Å². The SMILES string of the molecule is CCN(CC(=O)O)C1CC(NC(=O)NCC(=O)N2CCCc3ccccc32)C1. The molecule has 1 saturated carbocycles. The highest BCUT2D eigenvalue weighted by molar-refractivity contribution is 5.97. The Bertz CT molecular complexity index is 733. The predicted molar refractivity (Wildman–Crippen MR) is 105 cm³/mol. The summed E-state index contributed by atoms with van der Waals surface area (Å²) in [5.74, 6) is -0.957. The summed E-state index contributed by atoms with van der Waals surface area (Å²) in [4.78, 5) is 39.2. The molecule has 1 aromatic carbocycles. The third-order valence-corrected chi connectivity index (χ3v) is 5.52. The van der Waals surface area contributed by atoms with Crippen molar-refractivity contribution in [2.45, 2.75) is 44.7 Å². The molecule has 0 atom stereocenters. The van der Waals surface area contributed by atoms with Gasteiger partial charge in [-0.2, -0.15) is 0 Å². The van der Waals surface area contributed by atoms with Crippen molar-refractivity contribution in [3.63, 3.8) is 0 Å². The minimum atomic E-state index is -0.839. The fourth-order valence-corrected chi connectivity index (χ4v) is 3.96. The largest absolute Gasteiger partial charge is 0.480 e. The molecule has 2 aliphatic rings. The van der Waals surface area contributed by atoms with E-state index in [1.807, 2.05) is 36.1 Å². The van der Waals surface area contributed by atoms with Crippen molar-refractivity contribution in [3.05, 3.63) is 29.8 Å². The molecule has 3 N–H and O–H groups in total. The zero-order chi connectivity index (χ0) is 20.1. The van der Waals surface area contributed by atoms with Gasteiger partial charge in [0.15, 0.2) is 0 Å². The lowest BCUT2D eigenvalue weighted by molar-refractivity contribution is -0.139. The maximum atomic E-state index is 12.5. The molecule has 152 valence electrons. The molecule has 3 amide bonds. The first kappa shape index (κ1) is 20.1. The number of anilines is 1. The van der Waals surface area contributed by atoms with Crippen LogP contribution in [-0.2, 0) is 16.0 Å². The van der Waals surface area contributed by atoms with Crippen LogP contribution in [0.3, 0.4) is 0 Å². The fraction of sp³-hybridized carbons (Fsp3) is 0.550. The first-order chi connectivity index (χ1) is 13.5. The number of nitrogens with one attached hydrogen (secondary N) is 2. The van der Waals surface area contributed by atoms with Crippen molar-refractivity contribution >= 4 is 23.6 Å². The number of urea groups is 1. The lowest BCUT2D eigenvalue weighted by Crippen LogP contribution is -2.57. The van der Waals surface area contributed by atoms with Gasteiger partial charge in [-0.1, -0.05) is 25.1 Å². The van der Waals surface area contributed by atoms with Gasteiger partial charge >= 0.3 is 12.0 Å². The number of amides is 3. The van der Waals surface area contributed by atoms with Crippen molar-refractivity contribution in [2.24, 2.45) is 0 Å². The fourth-order valence-electron chi connectivity index (χ4n) is 3.96. The number of likely N-dealkylation sites (N-methyl/N-ethyl adjacent to an activating group) is 1. The molecule has 1 heterocycles. The Morgan fingerprint density at radius 3 is 2.71 bits per heavy atom. The van der Waals surface area contributed by atoms with Crippen LogP contribution in [0.1, 0.15) is 31.7 Å². The summed E-state index contributed by atoms with van der Waals surface area (Å²) in [5, 5.41) is 14.4. The molecular formula is C20H28N4O4. The van der Waals surface area contributed by atoms with Crippen LogP contribution in [0, 0.1) is 0 Å². The smallest absolute Gasteiger partial charge is 0.317 e. The molecule has 8 nitrogen and oxygen atoms in total. The number of benzene rings is 1. The van der Waals surface area contributed by atoms with Crippen LogP contribution in [-0.4, -0.2) is 66.2 Å². The minimum absolute atomic E-state index is 0.0126. The quantitative estimate of drug-likeness (QED) is 0.652. The molecule has 1 aliphatic heterocycles. The Hall–Kier alpha value is -2.61. The Kier molecular flexibility index (Phi) is 6.51. The first-order valence-corrected chi connectivity index (χ1v) is 9.86. The average Bonchev–Trinajstić information content (AvgIpc) is 2.66. The summed E-state index contributed by atoms with van der Waals surface area (Å²) >= 11 is 0. The normalized spacial score (nSPS) is 20.9. The molecular weight excluding hydrogens is 360 g/mol. The Balaban J connectivity index is 1.41. The molecule has 0 unspecified atom stereocenters. The number of nitrogens with zero attached hydrogens (tertiary/aromatic N) is 2. The topological polar surface area (TPSA) is 102 Å². The van der Waals surface area contributed by atoms with Gasteiger partial charge < -0.3 is 20.6 Å². The molecule has 0 bridgehead atoms. The highest BCUT2D eigenvalue weighted by Crippen LogP contribution is 2.27. The van der Waals surface area contributed by atoms with Crippen molar-refractivity contribution in [2.75, 3.05) is 31.1 Å². The molecule has 3 rings (SSSR count). The van der Waals surface area contributed by atoms with Gasteiger partial charge in [-0.3, -0.25) is 14.5 Å². The molecule has 0 aromatic heterocycles. The molecule has 28 heavy (non-hydrogen) atoms. The number of hydrogen-bond donors (Lipinski definition) is 3. The number of carbonyl (C=O) groups excluding carboxylic acids is 2. The van der Waals surface area contributed by atoms with E-state index in [9.17, 15) is 14.4 Å². The second-order valence-corrected chi connectivity index (χ2v) is 7.38. The van der Waals surface area contributed by atoms with Crippen LogP contribution < -0.4 is 15.5 Å². The average molecular weight is 388 g/mol. The van der Waals surface area contributed by atoms with Gasteiger partial charge in [0.05, 0.1) is 13.1 Å². The molecule has 1 aromatic rings. The lowest BCUT2D eigenvalue weighted by atomic mass is 9.85. The molecule has 8 heteroatoms. The third kappa shape index (κ3) is 4.81. The highest BCUT2D eigenvalue weighted by atomic mass is 16.4. The van der Waals surface area contributed by atoms with Crippen LogP contribution in [0.25, 0.3) is 0 Å². The van der Waals surface area contributed by atoms with E-state index in [2.05, 4.69) is 10.6 Å². The molecule has 0 saturated heterocycles. The minimum Gasteiger partial charge on any atom is -0.480 e. The number of fused-ring (bicyclic) bond motifs is 1. The van der Waals surface area contributed by atoms with E-state index < -0.39 is 5.97 Å². The highest BCUT2D eigenvalue weighted by Gasteiger charge is 2.34. The number of aryl methyl sites for hydroxylation is 1. The third-order valence-electron chi connectivity index (χ3n) is 5.52. The standard InChI is InChI=1S/C20H28N4O4/c1-2-23(13-19(26)27)16-10-15(11-16)22-20(28)21-12-18(25)24-9-5-7-14-6-3-4-8-17(14)24/h3-4,6,8,15-16H,2,5,7,9-13H2,1H3,(H,26,27)(H2,21,22,28). The molecule has 0 spiro atoms. The van der Waals surface area contributed by atoms with Crippen LogP contribution in [0.5, 0.6) is 0 Å². The van der Waals surface area contributed by atoms with Gasteiger partial charge in [0, 0.05) is 24.3 Å². The summed E-state index contributed by atoms with van der Waals surface area (Å²) in [6.45, 7) is 3.24. The van der Waals surface area contributed by atoms with Gasteiger partial charge in [-0.15, -0.1) is 0 Å². The number of carboxylic acids is 1. The van der Waals surface area contributed by atoms with E-state index in [4.69, 9.17) is 5.11 Å². The maximum Gasteiger partial charge on any atom is 0.317 e. The first-order valence-electron chi connectivity index (χ1n) is 9.86. The molecule has 1 fully saturated rings. The Morgan fingerprint density at radius 2 is 2.00 bits per heavy atom. The number of carbonyl (C=O) groups is 3. The van der Waals surface area contributed by atoms with Crippen LogP contribution in [0.15, 0.2) is 24.3 Å². The Morgan fingerprint density at radius 1 is 1.25 bits per heavy atom. The number of carboxylic acid groups (broad SMARTS) is 1. The van der Waals surface area contributed by atoms with E-state index in [0.717, 1.165) is 36.9 Å². The van der Waals surface area contributed by atoms with Crippen molar-refractivity contribution in [3.8, 4) is 0 Å². The number of rotatable bonds is 7. The zero-order valence-electron chi connectivity index (χ0n) is 16.2. The molecule has 1 aliphatic carbocycles. The molecule has 0 radical (unpaired) electrons. The summed E-state index contributed by atoms with van der Waals surface area (Å²) in [6, 6.07) is 7.70. The van der Waals surface area contributed by atoms with E-state index in [0.29, 0.717) is 13.1 Å². The van der Waals surface area contributed by atoms with Crippen LogP contribution >= 0.6 is 0 Å². The van der Waals surface area contributed by atoms with Crippen molar-refractivity contribution in [1.29, 1.82) is 0 Å². The Labute approximate surface area is 164 Å². The van der Waals surface area contributed by atoms with E-state index >= 15 is 0 Å². The van der Waals surface area contributed by atoms with Gasteiger partial charge in [-0.25, -0.2) is 4.79 Å². The van der Waals surface area contributed by atoms with E-state index in [1.54, 1.807) is 4.90 Å². The van der Waals surface area contributed by atoms with E-state index in [1.165, 1.54) is 0 Å². The van der Waals surface area contributed by atoms with Gasteiger partial charge in [0.1, 0.15) is 0 Å². The van der Waals surface area contributed by atoms with Gasteiger partial charge in [0.25, 0.3) is 0 Å².